The lowest BCUT2D eigenvalue weighted by molar-refractivity contribution is 0.0721. The summed E-state index contributed by atoms with van der Waals surface area (Å²) in [5.41, 5.74) is 0.866. The first-order valence-electron chi connectivity index (χ1n) is 6.71. The third kappa shape index (κ3) is 2.40. The molecule has 1 aromatic rings. The average Bonchev–Trinajstić information content (AvgIpc) is 2.57. The van der Waals surface area contributed by atoms with Crippen LogP contribution in [0.3, 0.4) is 0 Å². The predicted octanol–water partition coefficient (Wildman–Crippen LogP) is 1.40. The summed E-state index contributed by atoms with van der Waals surface area (Å²) in [5, 5.41) is 3.39. The van der Waals surface area contributed by atoms with E-state index in [0.717, 1.165) is 31.7 Å². The number of halogens is 1. The Bertz CT molecular complexity index is 455. The molecule has 0 saturated carbocycles. The summed E-state index contributed by atoms with van der Waals surface area (Å²) in [7, 11) is 1.65. The second-order valence-corrected chi connectivity index (χ2v) is 5.07. The monoisotopic (exact) mass is 266 g/mol. The van der Waals surface area contributed by atoms with Crippen LogP contribution in [0.25, 0.3) is 0 Å². The van der Waals surface area contributed by atoms with E-state index in [1.54, 1.807) is 13.2 Å². The van der Waals surface area contributed by atoms with E-state index in [1.165, 1.54) is 6.07 Å². The molecule has 2 aliphatic heterocycles. The highest BCUT2D eigenvalue weighted by molar-refractivity contribution is 5.61. The molecule has 104 valence electrons. The Morgan fingerprint density at radius 1 is 1.53 bits per heavy atom. The maximum atomic E-state index is 14.0. The van der Waals surface area contributed by atoms with Crippen molar-refractivity contribution in [2.75, 3.05) is 38.3 Å². The number of benzene rings is 1. The molecule has 0 unspecified atom stereocenters. The smallest absolute Gasteiger partial charge is 0.178 e. The quantitative estimate of drug-likeness (QED) is 0.877. The lowest BCUT2D eigenvalue weighted by Crippen LogP contribution is -2.52. The number of rotatable bonds is 2. The van der Waals surface area contributed by atoms with E-state index in [9.17, 15) is 4.39 Å². The Morgan fingerprint density at radius 2 is 2.42 bits per heavy atom. The van der Waals surface area contributed by atoms with Gasteiger partial charge in [0.25, 0.3) is 0 Å². The molecule has 1 saturated heterocycles. The van der Waals surface area contributed by atoms with E-state index >= 15 is 0 Å². The van der Waals surface area contributed by atoms with Crippen LogP contribution >= 0.6 is 0 Å². The summed E-state index contributed by atoms with van der Waals surface area (Å²) >= 11 is 0. The largest absolute Gasteiger partial charge is 0.483 e. The van der Waals surface area contributed by atoms with Crippen molar-refractivity contribution < 1.29 is 13.9 Å². The van der Waals surface area contributed by atoms with E-state index in [0.29, 0.717) is 18.4 Å². The number of anilines is 1. The average molecular weight is 266 g/mol. The van der Waals surface area contributed by atoms with Crippen molar-refractivity contribution in [3.8, 4) is 5.75 Å². The Balaban J connectivity index is 1.98. The summed E-state index contributed by atoms with van der Waals surface area (Å²) < 4.78 is 25.1. The van der Waals surface area contributed by atoms with Crippen LogP contribution in [0.5, 0.6) is 5.75 Å². The summed E-state index contributed by atoms with van der Waals surface area (Å²) in [6.45, 7) is 3.18. The van der Waals surface area contributed by atoms with Crippen molar-refractivity contribution in [2.45, 2.75) is 18.6 Å². The highest BCUT2D eigenvalue weighted by atomic mass is 19.1. The van der Waals surface area contributed by atoms with Gasteiger partial charge in [-0.3, -0.25) is 0 Å². The van der Waals surface area contributed by atoms with Crippen molar-refractivity contribution in [1.29, 1.82) is 0 Å². The predicted molar refractivity (Wildman–Crippen MR) is 71.3 cm³/mol. The molecular weight excluding hydrogens is 247 g/mol. The molecule has 0 radical (unpaired) electrons. The van der Waals surface area contributed by atoms with Crippen molar-refractivity contribution >= 4 is 5.69 Å². The van der Waals surface area contributed by atoms with Gasteiger partial charge in [-0.2, -0.15) is 0 Å². The molecule has 0 spiro atoms. The van der Waals surface area contributed by atoms with Crippen LogP contribution in [0.1, 0.15) is 6.42 Å². The second-order valence-electron chi connectivity index (χ2n) is 5.07. The van der Waals surface area contributed by atoms with Gasteiger partial charge >= 0.3 is 0 Å². The Hall–Kier alpha value is -1.33. The minimum atomic E-state index is -0.294. The Kier molecular flexibility index (Phi) is 3.57. The van der Waals surface area contributed by atoms with Gasteiger partial charge in [0.1, 0.15) is 6.10 Å². The molecular formula is C14H19FN2O2. The van der Waals surface area contributed by atoms with E-state index < -0.39 is 0 Å². The normalized spacial score (nSPS) is 26.1. The molecule has 1 N–H and O–H groups in total. The Morgan fingerprint density at radius 3 is 3.26 bits per heavy atom. The zero-order chi connectivity index (χ0) is 13.2. The molecule has 0 aliphatic carbocycles. The molecule has 19 heavy (non-hydrogen) atoms. The van der Waals surface area contributed by atoms with Gasteiger partial charge in [-0.15, -0.1) is 0 Å². The van der Waals surface area contributed by atoms with Crippen molar-refractivity contribution in [3.63, 3.8) is 0 Å². The maximum absolute atomic E-state index is 14.0. The van der Waals surface area contributed by atoms with Crippen LogP contribution in [0, 0.1) is 5.82 Å². The van der Waals surface area contributed by atoms with Crippen molar-refractivity contribution in [3.05, 3.63) is 24.0 Å². The van der Waals surface area contributed by atoms with Gasteiger partial charge in [0.05, 0.1) is 12.3 Å². The summed E-state index contributed by atoms with van der Waals surface area (Å²) in [4.78, 5) is 2.25. The molecule has 3 rings (SSSR count). The summed E-state index contributed by atoms with van der Waals surface area (Å²) in [5.74, 6) is 0.0757. The first kappa shape index (κ1) is 12.7. The number of para-hydroxylation sites is 1. The molecule has 1 aromatic carbocycles. The number of hydrogen-bond donors (Lipinski definition) is 1. The topological polar surface area (TPSA) is 33.7 Å². The molecule has 1 fully saturated rings. The minimum Gasteiger partial charge on any atom is -0.483 e. The zero-order valence-corrected chi connectivity index (χ0v) is 11.1. The molecule has 0 bridgehead atoms. The fraction of sp³-hybridized carbons (Fsp3) is 0.571. The highest BCUT2D eigenvalue weighted by Gasteiger charge is 2.33. The number of methoxy groups -OCH3 is 1. The van der Waals surface area contributed by atoms with Crippen LogP contribution in [0.2, 0.25) is 0 Å². The van der Waals surface area contributed by atoms with Gasteiger partial charge < -0.3 is 19.7 Å². The van der Waals surface area contributed by atoms with Crippen molar-refractivity contribution in [1.82, 2.24) is 5.32 Å². The third-order valence-corrected chi connectivity index (χ3v) is 3.78. The first-order chi connectivity index (χ1) is 9.29. The van der Waals surface area contributed by atoms with Crippen LogP contribution < -0.4 is 15.0 Å². The molecule has 5 heteroatoms. The van der Waals surface area contributed by atoms with Gasteiger partial charge in [0, 0.05) is 39.2 Å². The van der Waals surface area contributed by atoms with Crippen LogP contribution in [-0.2, 0) is 4.74 Å². The lowest BCUT2D eigenvalue weighted by atomic mass is 10.1. The molecule has 2 atom stereocenters. The van der Waals surface area contributed by atoms with Gasteiger partial charge in [-0.05, 0) is 12.1 Å². The lowest BCUT2D eigenvalue weighted by Gasteiger charge is -2.37. The summed E-state index contributed by atoms with van der Waals surface area (Å²) in [6, 6.07) is 5.46. The SMILES string of the molecule is COC[C@@H]1C[C@@H]2CNCCN2c2cccc(F)c2O1. The number of piperazine rings is 1. The fourth-order valence-electron chi connectivity index (χ4n) is 2.94. The van der Waals surface area contributed by atoms with Crippen LogP contribution in [0.4, 0.5) is 10.1 Å². The number of nitrogens with one attached hydrogen (secondary N) is 1. The first-order valence-corrected chi connectivity index (χ1v) is 6.71. The van der Waals surface area contributed by atoms with Crippen LogP contribution in [-0.4, -0.2) is 45.5 Å². The van der Waals surface area contributed by atoms with Crippen molar-refractivity contribution in [2.24, 2.45) is 0 Å². The van der Waals surface area contributed by atoms with Gasteiger partial charge in [-0.25, -0.2) is 4.39 Å². The zero-order valence-electron chi connectivity index (χ0n) is 11.1. The minimum absolute atomic E-state index is 0.101. The Labute approximate surface area is 112 Å². The van der Waals surface area contributed by atoms with Gasteiger partial charge in [0.15, 0.2) is 11.6 Å². The number of hydrogen-bond acceptors (Lipinski definition) is 4. The third-order valence-electron chi connectivity index (χ3n) is 3.78. The van der Waals surface area contributed by atoms with E-state index in [-0.39, 0.29) is 11.9 Å². The van der Waals surface area contributed by atoms with Crippen LogP contribution in [0.15, 0.2) is 18.2 Å². The molecule has 0 aromatic heterocycles. The number of ether oxygens (including phenoxy) is 2. The second kappa shape index (κ2) is 5.35. The summed E-state index contributed by atoms with van der Waals surface area (Å²) in [6.07, 6.45) is 0.741. The standard InChI is InChI=1S/C14H19FN2O2/c1-18-9-11-7-10-8-16-5-6-17(10)13-4-2-3-12(15)14(13)19-11/h2-4,10-11,16H,5-9H2,1H3/t10-,11+/m1/s1. The van der Waals surface area contributed by atoms with Gasteiger partial charge in [0.2, 0.25) is 0 Å². The van der Waals surface area contributed by atoms with Gasteiger partial charge in [-0.1, -0.05) is 6.07 Å². The maximum Gasteiger partial charge on any atom is 0.178 e. The number of fused-ring (bicyclic) bond motifs is 3. The highest BCUT2D eigenvalue weighted by Crippen LogP contribution is 2.37. The number of nitrogens with zero attached hydrogens (tertiary/aromatic N) is 1. The van der Waals surface area contributed by atoms with E-state index in [4.69, 9.17) is 9.47 Å². The molecule has 0 amide bonds. The molecule has 2 aliphatic rings. The van der Waals surface area contributed by atoms with E-state index in [1.807, 2.05) is 6.07 Å². The molecule has 4 nitrogen and oxygen atoms in total. The van der Waals surface area contributed by atoms with E-state index in [2.05, 4.69) is 10.2 Å². The fourth-order valence-corrected chi connectivity index (χ4v) is 2.94. The molecule has 2 heterocycles.